The summed E-state index contributed by atoms with van der Waals surface area (Å²) in [5.41, 5.74) is 0.336. The zero-order valence-electron chi connectivity index (χ0n) is 9.25. The molecule has 0 aromatic carbocycles. The van der Waals surface area contributed by atoms with Gasteiger partial charge in [-0.3, -0.25) is 0 Å². The lowest BCUT2D eigenvalue weighted by Crippen LogP contribution is -2.32. The molecule has 1 heterocycles. The number of nitrogens with zero attached hydrogens (tertiary/aromatic N) is 2. The summed E-state index contributed by atoms with van der Waals surface area (Å²) in [6, 6.07) is 1.29. The topological polar surface area (TPSA) is 53.4 Å². The number of pyridine rings is 1. The summed E-state index contributed by atoms with van der Waals surface area (Å²) in [6.07, 6.45) is -3.29. The normalized spacial score (nSPS) is 11.4. The minimum absolute atomic E-state index is 0.0494. The van der Waals surface area contributed by atoms with Gasteiger partial charge in [0.05, 0.1) is 5.56 Å². The van der Waals surface area contributed by atoms with Crippen molar-refractivity contribution in [3.8, 4) is 0 Å². The maximum absolute atomic E-state index is 12.2. The third-order valence-corrected chi connectivity index (χ3v) is 2.08. The summed E-state index contributed by atoms with van der Waals surface area (Å²) >= 11 is 0. The highest BCUT2D eigenvalue weighted by atomic mass is 19.4. The fourth-order valence-electron chi connectivity index (χ4n) is 1.43. The zero-order valence-corrected chi connectivity index (χ0v) is 9.25. The number of hydrogen-bond donors (Lipinski definition) is 1. The third-order valence-electron chi connectivity index (χ3n) is 2.08. The molecule has 0 atom stereocenters. The summed E-state index contributed by atoms with van der Waals surface area (Å²) in [6.45, 7) is 0.384. The number of rotatable bonds is 3. The Labute approximate surface area is 95.7 Å². The van der Waals surface area contributed by atoms with E-state index in [1.807, 2.05) is 0 Å². The third kappa shape index (κ3) is 3.61. The molecule has 1 rings (SSSR count). The van der Waals surface area contributed by atoms with E-state index in [0.29, 0.717) is 5.56 Å². The fraction of sp³-hybridized carbons (Fsp3) is 0.400. The van der Waals surface area contributed by atoms with Gasteiger partial charge in [-0.05, 0) is 18.6 Å². The second-order valence-corrected chi connectivity index (χ2v) is 3.64. The van der Waals surface area contributed by atoms with E-state index in [4.69, 9.17) is 5.11 Å². The van der Waals surface area contributed by atoms with Gasteiger partial charge >= 0.3 is 12.1 Å². The van der Waals surface area contributed by atoms with E-state index in [-0.39, 0.29) is 11.4 Å². The standard InChI is InChI=1S/C10H11F3N2O2/c1-6-3-7(9(16)17)4-14-8(6)15(2)5-10(11,12)13/h3-4H,5H2,1-2H3,(H,16,17). The van der Waals surface area contributed by atoms with Gasteiger partial charge in [0.15, 0.2) is 0 Å². The lowest BCUT2D eigenvalue weighted by molar-refractivity contribution is -0.119. The first-order valence-electron chi connectivity index (χ1n) is 4.68. The Kier molecular flexibility index (Phi) is 3.59. The van der Waals surface area contributed by atoms with Crippen LogP contribution in [0, 0.1) is 6.92 Å². The van der Waals surface area contributed by atoms with Crippen LogP contribution in [-0.2, 0) is 0 Å². The number of carboxylic acids is 1. The number of carboxylic acid groups (broad SMARTS) is 1. The molecule has 0 saturated heterocycles. The fourth-order valence-corrected chi connectivity index (χ4v) is 1.43. The molecule has 17 heavy (non-hydrogen) atoms. The summed E-state index contributed by atoms with van der Waals surface area (Å²) in [4.78, 5) is 15.3. The Bertz CT molecular complexity index is 432. The van der Waals surface area contributed by atoms with Crippen LogP contribution in [0.4, 0.5) is 19.0 Å². The highest BCUT2D eigenvalue weighted by Gasteiger charge is 2.30. The second kappa shape index (κ2) is 4.60. The van der Waals surface area contributed by atoms with Crippen LogP contribution < -0.4 is 4.90 Å². The van der Waals surface area contributed by atoms with Crippen molar-refractivity contribution in [1.82, 2.24) is 4.98 Å². The molecule has 1 N–H and O–H groups in total. The molecule has 0 spiro atoms. The molecule has 0 aliphatic carbocycles. The Morgan fingerprint density at radius 3 is 2.53 bits per heavy atom. The van der Waals surface area contributed by atoms with Crippen LogP contribution >= 0.6 is 0 Å². The predicted molar refractivity (Wildman–Crippen MR) is 55.3 cm³/mol. The molecule has 0 bridgehead atoms. The van der Waals surface area contributed by atoms with E-state index < -0.39 is 18.7 Å². The first-order chi connectivity index (χ1) is 7.70. The number of anilines is 1. The van der Waals surface area contributed by atoms with E-state index in [1.165, 1.54) is 20.0 Å². The van der Waals surface area contributed by atoms with Gasteiger partial charge in [-0.25, -0.2) is 9.78 Å². The van der Waals surface area contributed by atoms with Crippen molar-refractivity contribution in [3.63, 3.8) is 0 Å². The van der Waals surface area contributed by atoms with Crippen molar-refractivity contribution in [3.05, 3.63) is 23.4 Å². The smallest absolute Gasteiger partial charge is 0.405 e. The minimum Gasteiger partial charge on any atom is -0.478 e. The van der Waals surface area contributed by atoms with Gasteiger partial charge < -0.3 is 10.0 Å². The van der Waals surface area contributed by atoms with Crippen molar-refractivity contribution < 1.29 is 23.1 Å². The van der Waals surface area contributed by atoms with Crippen molar-refractivity contribution >= 4 is 11.8 Å². The van der Waals surface area contributed by atoms with E-state index in [0.717, 1.165) is 11.1 Å². The molecule has 1 aromatic rings. The zero-order chi connectivity index (χ0) is 13.2. The first kappa shape index (κ1) is 13.3. The van der Waals surface area contributed by atoms with Crippen LogP contribution in [-0.4, -0.2) is 35.8 Å². The molecule has 0 saturated carbocycles. The number of hydrogen-bond acceptors (Lipinski definition) is 3. The molecule has 1 aromatic heterocycles. The first-order valence-corrected chi connectivity index (χ1v) is 4.68. The Morgan fingerprint density at radius 1 is 1.53 bits per heavy atom. The Hall–Kier alpha value is -1.79. The monoisotopic (exact) mass is 248 g/mol. The number of aryl methyl sites for hydroxylation is 1. The van der Waals surface area contributed by atoms with Crippen molar-refractivity contribution in [1.29, 1.82) is 0 Å². The van der Waals surface area contributed by atoms with Crippen LogP contribution in [0.2, 0.25) is 0 Å². The highest BCUT2D eigenvalue weighted by Crippen LogP contribution is 2.22. The molecule has 7 heteroatoms. The van der Waals surface area contributed by atoms with Gasteiger partial charge in [0, 0.05) is 13.2 Å². The lowest BCUT2D eigenvalue weighted by atomic mass is 10.2. The lowest BCUT2D eigenvalue weighted by Gasteiger charge is -2.21. The predicted octanol–water partition coefficient (Wildman–Crippen LogP) is 2.09. The summed E-state index contributed by atoms with van der Waals surface area (Å²) in [5.74, 6) is -1.04. The average Bonchev–Trinajstić information content (AvgIpc) is 2.14. The molecule has 0 radical (unpaired) electrons. The largest absolute Gasteiger partial charge is 0.478 e. The minimum atomic E-state index is -4.33. The highest BCUT2D eigenvalue weighted by molar-refractivity contribution is 5.87. The molecular formula is C10H11F3N2O2. The van der Waals surface area contributed by atoms with Crippen LogP contribution in [0.25, 0.3) is 0 Å². The van der Waals surface area contributed by atoms with Gasteiger partial charge in [0.1, 0.15) is 12.4 Å². The molecule has 94 valence electrons. The van der Waals surface area contributed by atoms with Crippen molar-refractivity contribution in [2.45, 2.75) is 13.1 Å². The summed E-state index contributed by atoms with van der Waals surface area (Å²) < 4.78 is 36.5. The molecule has 4 nitrogen and oxygen atoms in total. The Balaban J connectivity index is 2.96. The quantitative estimate of drug-likeness (QED) is 0.889. The van der Waals surface area contributed by atoms with Crippen LogP contribution in [0.5, 0.6) is 0 Å². The number of halogens is 3. The molecule has 0 fully saturated rings. The maximum Gasteiger partial charge on any atom is 0.405 e. The van der Waals surface area contributed by atoms with Crippen LogP contribution in [0.3, 0.4) is 0 Å². The number of carbonyl (C=O) groups is 1. The van der Waals surface area contributed by atoms with Crippen LogP contribution in [0.1, 0.15) is 15.9 Å². The van der Waals surface area contributed by atoms with E-state index in [1.54, 1.807) is 0 Å². The second-order valence-electron chi connectivity index (χ2n) is 3.64. The molecule has 0 unspecified atom stereocenters. The van der Waals surface area contributed by atoms with Crippen LogP contribution in [0.15, 0.2) is 12.3 Å². The average molecular weight is 248 g/mol. The van der Waals surface area contributed by atoms with Gasteiger partial charge in [-0.2, -0.15) is 13.2 Å². The van der Waals surface area contributed by atoms with E-state index in [9.17, 15) is 18.0 Å². The maximum atomic E-state index is 12.2. The molecular weight excluding hydrogens is 237 g/mol. The van der Waals surface area contributed by atoms with Gasteiger partial charge in [-0.15, -0.1) is 0 Å². The van der Waals surface area contributed by atoms with Crippen molar-refractivity contribution in [2.75, 3.05) is 18.5 Å². The number of alkyl halides is 3. The molecule has 0 amide bonds. The summed E-state index contributed by atoms with van der Waals surface area (Å²) in [7, 11) is 1.25. The van der Waals surface area contributed by atoms with Gasteiger partial charge in [0.25, 0.3) is 0 Å². The Morgan fingerprint density at radius 2 is 2.12 bits per heavy atom. The van der Waals surface area contributed by atoms with Gasteiger partial charge in [0.2, 0.25) is 0 Å². The van der Waals surface area contributed by atoms with Gasteiger partial charge in [-0.1, -0.05) is 0 Å². The van der Waals surface area contributed by atoms with Crippen molar-refractivity contribution in [2.24, 2.45) is 0 Å². The van der Waals surface area contributed by atoms with E-state index in [2.05, 4.69) is 4.98 Å². The summed E-state index contributed by atoms with van der Waals surface area (Å²) in [5, 5.41) is 8.69. The number of aromatic carboxylic acids is 1. The molecule has 0 aliphatic heterocycles. The van der Waals surface area contributed by atoms with E-state index >= 15 is 0 Å². The number of aromatic nitrogens is 1. The SMILES string of the molecule is Cc1cc(C(=O)O)cnc1N(C)CC(F)(F)F. The molecule has 0 aliphatic rings.